The van der Waals surface area contributed by atoms with Crippen molar-refractivity contribution in [1.82, 2.24) is 10.2 Å². The number of piperidine rings is 1. The molecule has 1 saturated heterocycles. The number of amides is 1. The maximum atomic E-state index is 12.5. The number of halogens is 1. The predicted molar refractivity (Wildman–Crippen MR) is 85.4 cm³/mol. The van der Waals surface area contributed by atoms with Crippen LogP contribution in [0.5, 0.6) is 0 Å². The van der Waals surface area contributed by atoms with Crippen molar-refractivity contribution in [3.63, 3.8) is 0 Å². The maximum absolute atomic E-state index is 12.5. The molecule has 1 amide bonds. The standard InChI is InChI=1S/C15H28N2O2.ClH/c1-4-6-12-19-13(3)15(18)17(11-5-2)14-7-9-16-10-8-14;/h4,13-14,16H,1,5-12H2,2-3H3;1H. The maximum Gasteiger partial charge on any atom is 0.251 e. The molecule has 0 aliphatic carbocycles. The SMILES string of the molecule is C=CCCOC(C)C(=O)N(CCC)C1CCNCC1.Cl. The minimum Gasteiger partial charge on any atom is -0.368 e. The first-order valence-electron chi connectivity index (χ1n) is 7.44. The minimum atomic E-state index is -0.346. The highest BCUT2D eigenvalue weighted by Gasteiger charge is 2.28. The van der Waals surface area contributed by atoms with Gasteiger partial charge in [-0.1, -0.05) is 13.0 Å². The van der Waals surface area contributed by atoms with Crippen molar-refractivity contribution < 1.29 is 9.53 Å². The van der Waals surface area contributed by atoms with Crippen LogP contribution in [-0.2, 0) is 9.53 Å². The third-order valence-corrected chi connectivity index (χ3v) is 3.53. The van der Waals surface area contributed by atoms with E-state index in [9.17, 15) is 4.79 Å². The molecule has 1 aliphatic rings. The molecule has 1 N–H and O–H groups in total. The second-order valence-electron chi connectivity index (χ2n) is 5.10. The summed E-state index contributed by atoms with van der Waals surface area (Å²) in [7, 11) is 0. The monoisotopic (exact) mass is 304 g/mol. The van der Waals surface area contributed by atoms with E-state index in [1.54, 1.807) is 0 Å². The Morgan fingerprint density at radius 3 is 2.70 bits per heavy atom. The Hall–Kier alpha value is -0.580. The van der Waals surface area contributed by atoms with Crippen LogP contribution in [0.4, 0.5) is 0 Å². The number of hydrogen-bond acceptors (Lipinski definition) is 3. The molecule has 1 atom stereocenters. The molecule has 0 spiro atoms. The molecular formula is C15H29ClN2O2. The van der Waals surface area contributed by atoms with Crippen LogP contribution in [0.2, 0.25) is 0 Å². The van der Waals surface area contributed by atoms with E-state index in [-0.39, 0.29) is 24.4 Å². The molecule has 1 unspecified atom stereocenters. The molecule has 0 aromatic heterocycles. The number of nitrogens with one attached hydrogen (secondary N) is 1. The van der Waals surface area contributed by atoms with Crippen LogP contribution in [0.15, 0.2) is 12.7 Å². The number of nitrogens with zero attached hydrogens (tertiary/aromatic N) is 1. The Balaban J connectivity index is 0.00000361. The second-order valence-corrected chi connectivity index (χ2v) is 5.10. The van der Waals surface area contributed by atoms with Crippen molar-refractivity contribution in [3.05, 3.63) is 12.7 Å². The fraction of sp³-hybridized carbons (Fsp3) is 0.800. The van der Waals surface area contributed by atoms with Gasteiger partial charge in [-0.15, -0.1) is 19.0 Å². The lowest BCUT2D eigenvalue weighted by molar-refractivity contribution is -0.145. The van der Waals surface area contributed by atoms with Crippen molar-refractivity contribution >= 4 is 18.3 Å². The Morgan fingerprint density at radius 1 is 1.50 bits per heavy atom. The fourth-order valence-corrected chi connectivity index (χ4v) is 2.46. The van der Waals surface area contributed by atoms with Gasteiger partial charge in [-0.05, 0) is 45.7 Å². The van der Waals surface area contributed by atoms with Gasteiger partial charge in [-0.25, -0.2) is 0 Å². The van der Waals surface area contributed by atoms with E-state index in [2.05, 4.69) is 18.8 Å². The molecule has 4 nitrogen and oxygen atoms in total. The summed E-state index contributed by atoms with van der Waals surface area (Å²) in [5, 5.41) is 3.34. The van der Waals surface area contributed by atoms with Crippen molar-refractivity contribution in [2.24, 2.45) is 0 Å². The molecule has 1 heterocycles. The molecule has 118 valence electrons. The smallest absolute Gasteiger partial charge is 0.251 e. The van der Waals surface area contributed by atoms with E-state index >= 15 is 0 Å². The predicted octanol–water partition coefficient (Wildman–Crippen LogP) is 2.38. The summed E-state index contributed by atoms with van der Waals surface area (Å²) in [5.41, 5.74) is 0. The topological polar surface area (TPSA) is 41.6 Å². The van der Waals surface area contributed by atoms with Crippen LogP contribution in [0, 0.1) is 0 Å². The highest BCUT2D eigenvalue weighted by Crippen LogP contribution is 2.15. The molecule has 1 aliphatic heterocycles. The largest absolute Gasteiger partial charge is 0.368 e. The molecule has 1 fully saturated rings. The zero-order valence-electron chi connectivity index (χ0n) is 12.8. The number of hydrogen-bond donors (Lipinski definition) is 1. The minimum absolute atomic E-state index is 0. The van der Waals surface area contributed by atoms with Crippen LogP contribution in [0.25, 0.3) is 0 Å². The van der Waals surface area contributed by atoms with Gasteiger partial charge >= 0.3 is 0 Å². The van der Waals surface area contributed by atoms with Crippen molar-refractivity contribution in [3.8, 4) is 0 Å². The third-order valence-electron chi connectivity index (χ3n) is 3.53. The summed E-state index contributed by atoms with van der Waals surface area (Å²) in [6.07, 6.45) is 5.35. The van der Waals surface area contributed by atoms with E-state index in [0.717, 1.165) is 45.3 Å². The van der Waals surface area contributed by atoms with E-state index in [4.69, 9.17) is 4.74 Å². The van der Waals surface area contributed by atoms with Crippen LogP contribution in [0.1, 0.15) is 39.5 Å². The van der Waals surface area contributed by atoms with Gasteiger partial charge in [-0.2, -0.15) is 0 Å². The average Bonchev–Trinajstić information content (AvgIpc) is 2.45. The zero-order valence-corrected chi connectivity index (χ0v) is 13.6. The van der Waals surface area contributed by atoms with Crippen molar-refractivity contribution in [1.29, 1.82) is 0 Å². The lowest BCUT2D eigenvalue weighted by Gasteiger charge is -2.36. The van der Waals surface area contributed by atoms with Gasteiger partial charge in [-0.3, -0.25) is 4.79 Å². The molecule has 0 aromatic carbocycles. The summed E-state index contributed by atoms with van der Waals surface area (Å²) in [6.45, 7) is 11.0. The number of carbonyl (C=O) groups excluding carboxylic acids is 1. The van der Waals surface area contributed by atoms with Gasteiger partial charge in [0.1, 0.15) is 6.10 Å². The quantitative estimate of drug-likeness (QED) is 0.553. The molecule has 0 bridgehead atoms. The molecule has 0 aromatic rings. The Labute approximate surface area is 129 Å². The highest BCUT2D eigenvalue weighted by atomic mass is 35.5. The van der Waals surface area contributed by atoms with Gasteiger partial charge in [0.15, 0.2) is 0 Å². The molecular weight excluding hydrogens is 276 g/mol. The van der Waals surface area contributed by atoms with Gasteiger partial charge in [0.2, 0.25) is 0 Å². The summed E-state index contributed by atoms with van der Waals surface area (Å²) in [5.74, 6) is 0.137. The molecule has 0 saturated carbocycles. The molecule has 5 heteroatoms. The fourth-order valence-electron chi connectivity index (χ4n) is 2.46. The summed E-state index contributed by atoms with van der Waals surface area (Å²) >= 11 is 0. The first-order chi connectivity index (χ1) is 9.20. The lowest BCUT2D eigenvalue weighted by atomic mass is 10.0. The normalized spacial score (nSPS) is 17.1. The van der Waals surface area contributed by atoms with Crippen LogP contribution >= 0.6 is 12.4 Å². The number of rotatable bonds is 8. The van der Waals surface area contributed by atoms with Gasteiger partial charge < -0.3 is 15.0 Å². The highest BCUT2D eigenvalue weighted by molar-refractivity contribution is 5.85. The first-order valence-corrected chi connectivity index (χ1v) is 7.44. The van der Waals surface area contributed by atoms with E-state index in [1.807, 2.05) is 17.9 Å². The second kappa shape index (κ2) is 11.1. The van der Waals surface area contributed by atoms with E-state index < -0.39 is 0 Å². The molecule has 20 heavy (non-hydrogen) atoms. The summed E-state index contributed by atoms with van der Waals surface area (Å²) in [4.78, 5) is 14.5. The van der Waals surface area contributed by atoms with Crippen LogP contribution in [0.3, 0.4) is 0 Å². The average molecular weight is 305 g/mol. The summed E-state index contributed by atoms with van der Waals surface area (Å²) < 4.78 is 5.58. The Kier molecular flexibility index (Phi) is 10.8. The number of ether oxygens (including phenoxy) is 1. The van der Waals surface area contributed by atoms with Crippen molar-refractivity contribution in [2.75, 3.05) is 26.2 Å². The first kappa shape index (κ1) is 19.4. The zero-order chi connectivity index (χ0) is 14.1. The van der Waals surface area contributed by atoms with Gasteiger partial charge in [0.05, 0.1) is 6.61 Å². The number of carbonyl (C=O) groups is 1. The van der Waals surface area contributed by atoms with Crippen molar-refractivity contribution in [2.45, 2.75) is 51.7 Å². The van der Waals surface area contributed by atoms with Gasteiger partial charge in [0.25, 0.3) is 5.91 Å². The molecule has 1 rings (SSSR count). The van der Waals surface area contributed by atoms with E-state index in [0.29, 0.717) is 12.6 Å². The Morgan fingerprint density at radius 2 is 2.15 bits per heavy atom. The van der Waals surface area contributed by atoms with Crippen LogP contribution < -0.4 is 5.32 Å². The molecule has 0 radical (unpaired) electrons. The summed E-state index contributed by atoms with van der Waals surface area (Å²) in [6, 6.07) is 0.374. The van der Waals surface area contributed by atoms with Crippen LogP contribution in [-0.4, -0.2) is 49.2 Å². The lowest BCUT2D eigenvalue weighted by Crippen LogP contribution is -2.49. The van der Waals surface area contributed by atoms with E-state index in [1.165, 1.54) is 0 Å². The third kappa shape index (κ3) is 6.25. The van der Waals surface area contributed by atoms with Gasteiger partial charge in [0, 0.05) is 12.6 Å². The Bertz CT molecular complexity index is 281.